The fraction of sp³-hybridized carbons (Fsp3) is 0.0385. The quantitative estimate of drug-likeness (QED) is 0.102. The number of anilines is 2. The number of sulfonamides is 1. The van der Waals surface area contributed by atoms with Crippen molar-refractivity contribution < 1.29 is 31.3 Å². The number of azo groups is 1. The number of phenols is 1. The second kappa shape index (κ2) is 12.7. The van der Waals surface area contributed by atoms with Crippen LogP contribution in [0.4, 0.5) is 22.7 Å². The van der Waals surface area contributed by atoms with Crippen LogP contribution in [0.15, 0.2) is 81.9 Å². The molecule has 0 atom stereocenters. The van der Waals surface area contributed by atoms with Crippen LogP contribution in [0.3, 0.4) is 0 Å². The summed E-state index contributed by atoms with van der Waals surface area (Å²) in [5.41, 5.74) is 0.0748. The number of hydrogen-bond acceptors (Lipinski definition) is 10. The summed E-state index contributed by atoms with van der Waals surface area (Å²) in [5.74, 6) is -1.30. The zero-order valence-electron chi connectivity index (χ0n) is 20.9. The van der Waals surface area contributed by atoms with E-state index in [2.05, 4.69) is 20.3 Å². The molecule has 208 valence electrons. The molecule has 0 fully saturated rings. The summed E-state index contributed by atoms with van der Waals surface area (Å²) in [5, 5.41) is 40.4. The molecule has 0 spiro atoms. The Morgan fingerprint density at radius 1 is 0.881 bits per heavy atom. The molecule has 0 aliphatic rings. The van der Waals surface area contributed by atoms with Gasteiger partial charge in [0.2, 0.25) is 10.0 Å². The van der Waals surface area contributed by atoms with Crippen molar-refractivity contribution in [3.05, 3.63) is 83.4 Å². The van der Waals surface area contributed by atoms with E-state index < -0.39 is 36.7 Å². The molecular formula is C26H19N6NaO7S2. The summed E-state index contributed by atoms with van der Waals surface area (Å²) >= 11 is 0. The summed E-state index contributed by atoms with van der Waals surface area (Å²) in [6.07, 6.45) is 0.933. The molecule has 0 aliphatic heterocycles. The summed E-state index contributed by atoms with van der Waals surface area (Å²) in [4.78, 5) is 12.4. The molecule has 0 bridgehead atoms. The molecule has 4 aromatic rings. The summed E-state index contributed by atoms with van der Waals surface area (Å²) in [6.45, 7) is 0. The summed E-state index contributed by atoms with van der Waals surface area (Å²) < 4.78 is 58.6. The Kier molecular flexibility index (Phi) is 9.70. The molecule has 1 amide bonds. The van der Waals surface area contributed by atoms with Crippen LogP contribution < -0.4 is 10.0 Å². The van der Waals surface area contributed by atoms with Crippen LogP contribution in [0.2, 0.25) is 0 Å². The number of carbonyl (C=O) groups excluding carboxylic acids is 1. The van der Waals surface area contributed by atoms with E-state index in [-0.39, 0.29) is 79.8 Å². The number of phenolic OH excluding ortho intramolecular Hbond substituents is 1. The Morgan fingerprint density at radius 2 is 1.57 bits per heavy atom. The predicted octanol–water partition coefficient (Wildman–Crippen LogP) is 3.93. The third-order valence-electron chi connectivity index (χ3n) is 5.57. The molecule has 0 saturated carbocycles. The molecule has 4 aromatic carbocycles. The van der Waals surface area contributed by atoms with E-state index in [1.165, 1.54) is 54.6 Å². The van der Waals surface area contributed by atoms with Gasteiger partial charge in [0.25, 0.3) is 16.0 Å². The average molecular weight is 615 g/mol. The van der Waals surface area contributed by atoms with Crippen molar-refractivity contribution in [3.8, 4) is 17.9 Å². The van der Waals surface area contributed by atoms with Gasteiger partial charge in [0.15, 0.2) is 0 Å². The molecule has 0 aromatic heterocycles. The number of amides is 1. The van der Waals surface area contributed by atoms with Crippen LogP contribution in [0.5, 0.6) is 5.75 Å². The second-order valence-corrected chi connectivity index (χ2v) is 11.7. The van der Waals surface area contributed by atoms with Gasteiger partial charge < -0.3 is 10.4 Å². The van der Waals surface area contributed by atoms with Crippen LogP contribution in [0.1, 0.15) is 21.5 Å². The molecule has 42 heavy (non-hydrogen) atoms. The summed E-state index contributed by atoms with van der Waals surface area (Å²) in [7, 11) is -8.36. The van der Waals surface area contributed by atoms with E-state index in [1.807, 2.05) is 12.1 Å². The third-order valence-corrected chi connectivity index (χ3v) is 7.01. The first-order chi connectivity index (χ1) is 19.3. The number of benzene rings is 4. The first-order valence-corrected chi connectivity index (χ1v) is 14.7. The molecule has 0 heterocycles. The Labute approximate surface area is 262 Å². The van der Waals surface area contributed by atoms with Crippen molar-refractivity contribution in [1.29, 1.82) is 10.5 Å². The predicted molar refractivity (Wildman–Crippen MR) is 155 cm³/mol. The fourth-order valence-corrected chi connectivity index (χ4v) is 4.89. The third kappa shape index (κ3) is 7.29. The average Bonchev–Trinajstić information content (AvgIpc) is 2.92. The topological polar surface area (TPSA) is 222 Å². The van der Waals surface area contributed by atoms with Crippen LogP contribution in [-0.2, 0) is 20.1 Å². The number of aromatic hydroxyl groups is 1. The van der Waals surface area contributed by atoms with Gasteiger partial charge in [-0.25, -0.2) is 8.42 Å². The van der Waals surface area contributed by atoms with Crippen molar-refractivity contribution in [2.24, 2.45) is 10.2 Å². The Balaban J connectivity index is 0.00000484. The number of hydrogen-bond donors (Lipinski definition) is 4. The van der Waals surface area contributed by atoms with Gasteiger partial charge in [-0.05, 0) is 48.5 Å². The van der Waals surface area contributed by atoms with Crippen LogP contribution in [-0.4, -0.2) is 68.2 Å². The number of nitrogens with one attached hydrogen (secondary N) is 2. The SMILES string of the molecule is CS(=O)(=O)Nc1cccc2c(O)c(NC(=O)c3cccc(S(=O)(=O)O)c3)cc(N=Nc3ccc(C#N)c(C#N)c3)c12.[NaH]. The van der Waals surface area contributed by atoms with Crippen molar-refractivity contribution in [2.75, 3.05) is 16.3 Å². The fourth-order valence-electron chi connectivity index (χ4n) is 3.80. The molecule has 0 unspecified atom stereocenters. The second-order valence-electron chi connectivity index (χ2n) is 8.50. The number of carbonyl (C=O) groups is 1. The van der Waals surface area contributed by atoms with E-state index in [9.17, 15) is 36.6 Å². The summed E-state index contributed by atoms with van der Waals surface area (Å²) in [6, 6.07) is 18.0. The number of rotatable bonds is 7. The minimum atomic E-state index is -4.59. The number of nitrogens with zero attached hydrogens (tertiary/aromatic N) is 4. The molecule has 0 saturated heterocycles. The van der Waals surface area contributed by atoms with Gasteiger partial charge in [-0.1, -0.05) is 18.2 Å². The zero-order chi connectivity index (χ0) is 29.9. The normalized spacial score (nSPS) is 11.3. The molecule has 4 N–H and O–H groups in total. The van der Waals surface area contributed by atoms with Gasteiger partial charge in [0, 0.05) is 16.3 Å². The zero-order valence-corrected chi connectivity index (χ0v) is 22.5. The van der Waals surface area contributed by atoms with E-state index in [0.717, 1.165) is 18.4 Å². The van der Waals surface area contributed by atoms with Crippen molar-refractivity contribution >= 4 is 89.1 Å². The Bertz CT molecular complexity index is 2070. The first kappa shape index (κ1) is 32.2. The molecular weight excluding hydrogens is 595 g/mol. The molecule has 13 nitrogen and oxygen atoms in total. The molecule has 16 heteroatoms. The van der Waals surface area contributed by atoms with Gasteiger partial charge in [-0.15, -0.1) is 5.11 Å². The molecule has 4 rings (SSSR count). The van der Waals surface area contributed by atoms with Crippen LogP contribution in [0, 0.1) is 22.7 Å². The van der Waals surface area contributed by atoms with E-state index in [4.69, 9.17) is 5.26 Å². The van der Waals surface area contributed by atoms with Crippen molar-refractivity contribution in [3.63, 3.8) is 0 Å². The van der Waals surface area contributed by atoms with Crippen LogP contribution >= 0.6 is 0 Å². The Morgan fingerprint density at radius 3 is 2.21 bits per heavy atom. The van der Waals surface area contributed by atoms with Gasteiger partial charge in [-0.3, -0.25) is 14.1 Å². The minimum absolute atomic E-state index is 0. The van der Waals surface area contributed by atoms with E-state index in [1.54, 1.807) is 0 Å². The van der Waals surface area contributed by atoms with E-state index in [0.29, 0.717) is 0 Å². The van der Waals surface area contributed by atoms with Gasteiger partial charge in [0.05, 0.1) is 45.0 Å². The number of fused-ring (bicyclic) bond motifs is 1. The maximum atomic E-state index is 13.0. The first-order valence-electron chi connectivity index (χ1n) is 11.3. The standard InChI is InChI=1S/C26H18N6O7S2.Na.H/c1-40(35,36)32-21-7-3-6-20-24(21)22(31-30-18-9-8-16(13-27)17(10-18)14-28)12-23(25(20)33)29-26(34)15-4-2-5-19(11-15)41(37,38)39;;/h2-12,32-33H,1H3,(H,29,34)(H,37,38,39);;. The van der Waals surface area contributed by atoms with Crippen molar-refractivity contribution in [2.45, 2.75) is 4.90 Å². The molecule has 0 radical (unpaired) electrons. The number of nitriles is 2. The van der Waals surface area contributed by atoms with Crippen LogP contribution in [0.25, 0.3) is 10.8 Å². The van der Waals surface area contributed by atoms with Crippen molar-refractivity contribution in [1.82, 2.24) is 0 Å². The monoisotopic (exact) mass is 614 g/mol. The molecule has 0 aliphatic carbocycles. The van der Waals surface area contributed by atoms with Gasteiger partial charge in [0.1, 0.15) is 17.9 Å². The maximum absolute atomic E-state index is 13.0. The van der Waals surface area contributed by atoms with Gasteiger partial charge in [-0.2, -0.15) is 24.1 Å². The van der Waals surface area contributed by atoms with Gasteiger partial charge >= 0.3 is 29.6 Å². The van der Waals surface area contributed by atoms with E-state index >= 15 is 0 Å². The Hall–Kier alpha value is -4.35.